The van der Waals surface area contributed by atoms with Crippen LogP contribution in [0.2, 0.25) is 0 Å². The van der Waals surface area contributed by atoms with Gasteiger partial charge in [0.15, 0.2) is 0 Å². The second kappa shape index (κ2) is 7.85. The summed E-state index contributed by atoms with van der Waals surface area (Å²) >= 11 is 0. The van der Waals surface area contributed by atoms with Crippen molar-refractivity contribution in [1.29, 1.82) is 0 Å². The molecule has 0 aromatic heterocycles. The zero-order chi connectivity index (χ0) is 15.2. The number of likely N-dealkylation sites (tertiary alicyclic amines) is 1. The van der Waals surface area contributed by atoms with E-state index < -0.39 is 0 Å². The van der Waals surface area contributed by atoms with Crippen molar-refractivity contribution < 1.29 is 8.78 Å². The van der Waals surface area contributed by atoms with E-state index in [1.807, 2.05) is 0 Å². The fourth-order valence-electron chi connectivity index (χ4n) is 3.11. The lowest BCUT2D eigenvalue weighted by Crippen LogP contribution is -2.42. The van der Waals surface area contributed by atoms with Crippen molar-refractivity contribution in [3.63, 3.8) is 0 Å². The Morgan fingerprint density at radius 2 is 2.00 bits per heavy atom. The maximum atomic E-state index is 13.6. The molecule has 1 aromatic rings. The number of halogens is 2. The molecule has 2 nitrogen and oxygen atoms in total. The quantitative estimate of drug-likeness (QED) is 0.863. The van der Waals surface area contributed by atoms with Crippen molar-refractivity contribution in [3.8, 4) is 0 Å². The first-order valence-electron chi connectivity index (χ1n) is 7.99. The molecule has 0 spiro atoms. The maximum Gasteiger partial charge on any atom is 0.127 e. The van der Waals surface area contributed by atoms with E-state index in [-0.39, 0.29) is 11.6 Å². The van der Waals surface area contributed by atoms with E-state index in [1.54, 1.807) is 0 Å². The van der Waals surface area contributed by atoms with E-state index in [4.69, 9.17) is 0 Å². The average molecular weight is 296 g/mol. The molecule has 0 saturated carbocycles. The molecule has 4 heteroatoms. The van der Waals surface area contributed by atoms with Crippen molar-refractivity contribution >= 4 is 0 Å². The Labute approximate surface area is 126 Å². The summed E-state index contributed by atoms with van der Waals surface area (Å²) in [6.45, 7) is 8.24. The van der Waals surface area contributed by atoms with E-state index in [9.17, 15) is 8.78 Å². The Balaban J connectivity index is 1.80. The normalized spacial score (nSPS) is 18.9. The monoisotopic (exact) mass is 296 g/mol. The van der Waals surface area contributed by atoms with Crippen LogP contribution in [0.4, 0.5) is 8.78 Å². The highest BCUT2D eigenvalue weighted by Gasteiger charge is 2.23. The highest BCUT2D eigenvalue weighted by atomic mass is 19.1. The van der Waals surface area contributed by atoms with Crippen molar-refractivity contribution in [2.24, 2.45) is 5.92 Å². The zero-order valence-corrected chi connectivity index (χ0v) is 13.0. The van der Waals surface area contributed by atoms with Crippen LogP contribution >= 0.6 is 0 Å². The summed E-state index contributed by atoms with van der Waals surface area (Å²) in [5.74, 6) is -0.0997. The number of benzene rings is 1. The van der Waals surface area contributed by atoms with Gasteiger partial charge in [-0.2, -0.15) is 0 Å². The third-order valence-electron chi connectivity index (χ3n) is 4.50. The third kappa shape index (κ3) is 4.75. The minimum absolute atomic E-state index is 0.330. The second-order valence-corrected chi connectivity index (χ2v) is 6.08. The number of nitrogens with one attached hydrogen (secondary N) is 1. The third-order valence-corrected chi connectivity index (χ3v) is 4.50. The molecule has 0 bridgehead atoms. The van der Waals surface area contributed by atoms with Crippen LogP contribution in [0.3, 0.4) is 0 Å². The standard InChI is InChI=1S/C17H26F2N2/c1-3-8-21-9-6-14(7-10-21)13(2)20-12-15-11-16(18)4-5-17(15)19/h4-5,11,13-14,20H,3,6-10,12H2,1-2H3. The minimum atomic E-state index is -0.381. The van der Waals surface area contributed by atoms with Crippen LogP contribution in [-0.2, 0) is 6.54 Å². The van der Waals surface area contributed by atoms with Gasteiger partial charge >= 0.3 is 0 Å². The molecule has 0 aliphatic carbocycles. The van der Waals surface area contributed by atoms with Gasteiger partial charge in [0.2, 0.25) is 0 Å². The molecular weight excluding hydrogens is 270 g/mol. The Morgan fingerprint density at radius 3 is 2.67 bits per heavy atom. The van der Waals surface area contributed by atoms with Crippen molar-refractivity contribution in [2.45, 2.75) is 45.7 Å². The summed E-state index contributed by atoms with van der Waals surface area (Å²) in [6, 6.07) is 3.96. The molecular formula is C17H26F2N2. The Kier molecular flexibility index (Phi) is 6.12. The molecule has 1 heterocycles. The maximum absolute atomic E-state index is 13.6. The van der Waals surface area contributed by atoms with Crippen LogP contribution in [0.1, 0.15) is 38.7 Å². The molecule has 0 radical (unpaired) electrons. The summed E-state index contributed by atoms with van der Waals surface area (Å²) in [6.07, 6.45) is 3.57. The lowest BCUT2D eigenvalue weighted by atomic mass is 9.90. The van der Waals surface area contributed by atoms with Crippen molar-refractivity contribution in [2.75, 3.05) is 19.6 Å². The summed E-state index contributed by atoms with van der Waals surface area (Å²) in [5, 5.41) is 3.36. The molecule has 1 aromatic carbocycles. The van der Waals surface area contributed by atoms with Gasteiger partial charge in [-0.25, -0.2) is 8.78 Å². The van der Waals surface area contributed by atoms with Crippen molar-refractivity contribution in [1.82, 2.24) is 10.2 Å². The summed E-state index contributed by atoms with van der Waals surface area (Å²) in [7, 11) is 0. The second-order valence-electron chi connectivity index (χ2n) is 6.08. The van der Waals surface area contributed by atoms with Gasteiger partial charge in [0.05, 0.1) is 0 Å². The van der Waals surface area contributed by atoms with Gasteiger partial charge < -0.3 is 10.2 Å². The fraction of sp³-hybridized carbons (Fsp3) is 0.647. The number of piperidine rings is 1. The lowest BCUT2D eigenvalue weighted by Gasteiger charge is -2.35. The van der Waals surface area contributed by atoms with Gasteiger partial charge in [0, 0.05) is 18.2 Å². The SMILES string of the molecule is CCCN1CCC(C(C)NCc2cc(F)ccc2F)CC1. The molecule has 1 N–H and O–H groups in total. The fourth-order valence-corrected chi connectivity index (χ4v) is 3.11. The summed E-state index contributed by atoms with van der Waals surface area (Å²) < 4.78 is 26.7. The van der Waals surface area contributed by atoms with Crippen LogP contribution in [-0.4, -0.2) is 30.6 Å². The van der Waals surface area contributed by atoms with E-state index in [0.717, 1.165) is 19.2 Å². The lowest BCUT2D eigenvalue weighted by molar-refractivity contribution is 0.162. The first-order chi connectivity index (χ1) is 10.1. The predicted molar refractivity (Wildman–Crippen MR) is 82.1 cm³/mol. The number of hydrogen-bond donors (Lipinski definition) is 1. The van der Waals surface area contributed by atoms with E-state index in [1.165, 1.54) is 37.9 Å². The number of rotatable bonds is 6. The van der Waals surface area contributed by atoms with Gasteiger partial charge in [0.1, 0.15) is 11.6 Å². The molecule has 0 amide bonds. The molecule has 1 aliphatic rings. The Bertz CT molecular complexity index is 442. The Hall–Kier alpha value is -1.00. The van der Waals surface area contributed by atoms with Gasteiger partial charge in [-0.3, -0.25) is 0 Å². The molecule has 1 unspecified atom stereocenters. The van der Waals surface area contributed by atoms with E-state index in [2.05, 4.69) is 24.1 Å². The first-order valence-corrected chi connectivity index (χ1v) is 7.99. The van der Waals surface area contributed by atoms with Crippen LogP contribution < -0.4 is 5.32 Å². The minimum Gasteiger partial charge on any atom is -0.310 e. The Morgan fingerprint density at radius 1 is 1.29 bits per heavy atom. The topological polar surface area (TPSA) is 15.3 Å². The highest BCUT2D eigenvalue weighted by Crippen LogP contribution is 2.21. The van der Waals surface area contributed by atoms with Gasteiger partial charge in [0.25, 0.3) is 0 Å². The molecule has 118 valence electrons. The first kappa shape index (κ1) is 16.4. The van der Waals surface area contributed by atoms with Crippen LogP contribution in [0, 0.1) is 17.6 Å². The van der Waals surface area contributed by atoms with E-state index >= 15 is 0 Å². The number of hydrogen-bond acceptors (Lipinski definition) is 2. The van der Waals surface area contributed by atoms with Crippen LogP contribution in [0.15, 0.2) is 18.2 Å². The molecule has 1 fully saturated rings. The average Bonchev–Trinajstić information content (AvgIpc) is 2.49. The largest absolute Gasteiger partial charge is 0.310 e. The summed E-state index contributed by atoms with van der Waals surface area (Å²) in [5.41, 5.74) is 0.408. The van der Waals surface area contributed by atoms with Crippen LogP contribution in [0.25, 0.3) is 0 Å². The van der Waals surface area contributed by atoms with Crippen molar-refractivity contribution in [3.05, 3.63) is 35.4 Å². The smallest absolute Gasteiger partial charge is 0.127 e. The molecule has 1 atom stereocenters. The number of nitrogens with zero attached hydrogens (tertiary/aromatic N) is 1. The molecule has 2 rings (SSSR count). The van der Waals surface area contributed by atoms with Crippen LogP contribution in [0.5, 0.6) is 0 Å². The van der Waals surface area contributed by atoms with E-state index in [0.29, 0.717) is 24.1 Å². The summed E-state index contributed by atoms with van der Waals surface area (Å²) in [4.78, 5) is 2.51. The zero-order valence-electron chi connectivity index (χ0n) is 13.0. The molecule has 1 aliphatic heterocycles. The van der Waals surface area contributed by atoms with Gasteiger partial charge in [-0.1, -0.05) is 6.92 Å². The molecule has 21 heavy (non-hydrogen) atoms. The van der Waals surface area contributed by atoms with Gasteiger partial charge in [-0.05, 0) is 69.9 Å². The predicted octanol–water partition coefficient (Wildman–Crippen LogP) is 3.56. The molecule has 1 saturated heterocycles. The highest BCUT2D eigenvalue weighted by molar-refractivity contribution is 5.18. The van der Waals surface area contributed by atoms with Gasteiger partial charge in [-0.15, -0.1) is 0 Å².